The van der Waals surface area contributed by atoms with Gasteiger partial charge in [-0.2, -0.15) is 0 Å². The molecule has 0 bridgehead atoms. The normalized spacial score (nSPS) is 15.0. The second kappa shape index (κ2) is 9.12. The lowest BCUT2D eigenvalue weighted by atomic mass is 10.1. The molecule has 0 spiro atoms. The Bertz CT molecular complexity index is 1150. The van der Waals surface area contributed by atoms with Crippen molar-refractivity contribution in [2.24, 2.45) is 0 Å². The predicted octanol–water partition coefficient (Wildman–Crippen LogP) is 0.917. The second-order valence-corrected chi connectivity index (χ2v) is 7.97. The average Bonchev–Trinajstić information content (AvgIpc) is 3.35. The maximum atomic E-state index is 10.1. The lowest BCUT2D eigenvalue weighted by Gasteiger charge is -2.26. The minimum absolute atomic E-state index is 0.147. The molecular weight excluding hydrogens is 414 g/mol. The Morgan fingerprint density at radius 3 is 2.69 bits per heavy atom. The predicted molar refractivity (Wildman–Crippen MR) is 117 cm³/mol. The summed E-state index contributed by atoms with van der Waals surface area (Å²) < 4.78 is 18.0. The molecular formula is C21H27N7O4. The fraction of sp³-hybridized carbons (Fsp3) is 0.524. The summed E-state index contributed by atoms with van der Waals surface area (Å²) in [6, 6.07) is 1.83. The van der Waals surface area contributed by atoms with Gasteiger partial charge in [-0.05, 0) is 37.0 Å². The fourth-order valence-corrected chi connectivity index (χ4v) is 3.43. The standard InChI is InChI=1S/C21H27N7O4/c1-4-28-15-13-16(31-12-9-27-7-10-30-11-8-27)23-14(5-6-21(2,3)29)17(15)24-20(28)18-19(22)26-32-25-18/h13,29H,4,7-12H2,1-3H3,(H2,22,26). The van der Waals surface area contributed by atoms with Gasteiger partial charge in [-0.3, -0.25) is 4.90 Å². The van der Waals surface area contributed by atoms with Crippen molar-refractivity contribution in [1.82, 2.24) is 29.7 Å². The average molecular weight is 441 g/mol. The van der Waals surface area contributed by atoms with Gasteiger partial charge < -0.3 is 24.9 Å². The van der Waals surface area contributed by atoms with E-state index in [2.05, 4.69) is 37.0 Å². The molecule has 0 unspecified atom stereocenters. The Kier molecular flexibility index (Phi) is 6.27. The number of imidazole rings is 1. The van der Waals surface area contributed by atoms with Gasteiger partial charge in [-0.1, -0.05) is 5.92 Å². The molecule has 3 aromatic heterocycles. The number of anilines is 1. The Hall–Kier alpha value is -3.20. The van der Waals surface area contributed by atoms with Crippen molar-refractivity contribution in [3.05, 3.63) is 11.8 Å². The lowest BCUT2D eigenvalue weighted by molar-refractivity contribution is 0.0320. The number of fused-ring (bicyclic) bond motifs is 1. The molecule has 0 aromatic carbocycles. The van der Waals surface area contributed by atoms with E-state index in [-0.39, 0.29) is 5.82 Å². The number of hydrogen-bond acceptors (Lipinski definition) is 10. The van der Waals surface area contributed by atoms with Crippen LogP contribution in [-0.2, 0) is 11.3 Å². The van der Waals surface area contributed by atoms with Crippen molar-refractivity contribution in [2.75, 3.05) is 45.2 Å². The minimum atomic E-state index is -1.18. The minimum Gasteiger partial charge on any atom is -0.476 e. The van der Waals surface area contributed by atoms with E-state index in [0.29, 0.717) is 41.8 Å². The van der Waals surface area contributed by atoms with Crippen molar-refractivity contribution < 1.29 is 19.2 Å². The molecule has 4 heterocycles. The van der Waals surface area contributed by atoms with Crippen molar-refractivity contribution in [3.63, 3.8) is 0 Å². The zero-order valence-corrected chi connectivity index (χ0v) is 18.5. The molecule has 170 valence electrons. The number of morpholine rings is 1. The first-order valence-electron chi connectivity index (χ1n) is 10.5. The number of aryl methyl sites for hydroxylation is 1. The van der Waals surface area contributed by atoms with Gasteiger partial charge in [0.15, 0.2) is 17.3 Å². The van der Waals surface area contributed by atoms with Crippen molar-refractivity contribution in [2.45, 2.75) is 32.9 Å². The molecule has 32 heavy (non-hydrogen) atoms. The highest BCUT2D eigenvalue weighted by atomic mass is 16.6. The Labute approximate surface area is 185 Å². The van der Waals surface area contributed by atoms with E-state index in [4.69, 9.17) is 19.8 Å². The number of nitrogens with two attached hydrogens (primary N) is 1. The number of nitrogens with zero attached hydrogens (tertiary/aromatic N) is 6. The molecule has 11 nitrogen and oxygen atoms in total. The summed E-state index contributed by atoms with van der Waals surface area (Å²) in [5, 5.41) is 17.6. The summed E-state index contributed by atoms with van der Waals surface area (Å²) in [6.45, 7) is 10.3. The maximum Gasteiger partial charge on any atom is 0.216 e. The topological polar surface area (TPSA) is 138 Å². The molecule has 3 N–H and O–H groups in total. The second-order valence-electron chi connectivity index (χ2n) is 7.97. The molecule has 1 saturated heterocycles. The third-order valence-corrected chi connectivity index (χ3v) is 5.00. The van der Waals surface area contributed by atoms with Crippen LogP contribution in [0.3, 0.4) is 0 Å². The SMILES string of the molecule is CCn1c(-c2nonc2N)nc2c(C#CC(C)(C)O)nc(OCCN3CCOCC3)cc21. The van der Waals surface area contributed by atoms with Crippen LogP contribution < -0.4 is 10.5 Å². The van der Waals surface area contributed by atoms with Gasteiger partial charge in [0.25, 0.3) is 0 Å². The first-order chi connectivity index (χ1) is 15.4. The van der Waals surface area contributed by atoms with Crippen LogP contribution in [0.25, 0.3) is 22.6 Å². The first kappa shape index (κ1) is 22.0. The zero-order valence-electron chi connectivity index (χ0n) is 18.5. The van der Waals surface area contributed by atoms with Crippen LogP contribution >= 0.6 is 0 Å². The number of nitrogen functional groups attached to an aromatic ring is 1. The van der Waals surface area contributed by atoms with Crippen molar-refractivity contribution >= 4 is 16.9 Å². The summed E-state index contributed by atoms with van der Waals surface area (Å²) in [5.74, 6) is 6.83. The number of aromatic nitrogens is 5. The van der Waals surface area contributed by atoms with Gasteiger partial charge in [0.2, 0.25) is 5.88 Å². The lowest BCUT2D eigenvalue weighted by Crippen LogP contribution is -2.38. The fourth-order valence-electron chi connectivity index (χ4n) is 3.43. The highest BCUT2D eigenvalue weighted by Crippen LogP contribution is 2.29. The molecule has 1 fully saturated rings. The van der Waals surface area contributed by atoms with Crippen LogP contribution in [0.5, 0.6) is 5.88 Å². The van der Waals surface area contributed by atoms with Gasteiger partial charge in [-0.25, -0.2) is 14.6 Å². The monoisotopic (exact) mass is 441 g/mol. The highest BCUT2D eigenvalue weighted by molar-refractivity contribution is 5.86. The number of ether oxygens (including phenoxy) is 2. The number of rotatable bonds is 6. The van der Waals surface area contributed by atoms with Crippen LogP contribution in [0.4, 0.5) is 5.82 Å². The van der Waals surface area contributed by atoms with E-state index in [1.54, 1.807) is 13.8 Å². The van der Waals surface area contributed by atoms with Crippen molar-refractivity contribution in [1.29, 1.82) is 0 Å². The van der Waals surface area contributed by atoms with Crippen LogP contribution in [0.1, 0.15) is 26.5 Å². The van der Waals surface area contributed by atoms with Crippen LogP contribution in [-0.4, -0.2) is 79.9 Å². The van der Waals surface area contributed by atoms with Gasteiger partial charge in [0.1, 0.15) is 23.4 Å². The van der Waals surface area contributed by atoms with E-state index >= 15 is 0 Å². The number of pyridine rings is 1. The van der Waals surface area contributed by atoms with Crippen molar-refractivity contribution in [3.8, 4) is 29.2 Å². The Morgan fingerprint density at radius 1 is 1.25 bits per heavy atom. The molecule has 0 radical (unpaired) electrons. The zero-order chi connectivity index (χ0) is 22.7. The van der Waals surface area contributed by atoms with Gasteiger partial charge in [0.05, 0.1) is 18.7 Å². The Balaban J connectivity index is 1.72. The smallest absolute Gasteiger partial charge is 0.216 e. The molecule has 1 aliphatic rings. The molecule has 0 saturated carbocycles. The molecule has 0 amide bonds. The maximum absolute atomic E-state index is 10.1. The van der Waals surface area contributed by atoms with Crippen LogP contribution in [0, 0.1) is 11.8 Å². The summed E-state index contributed by atoms with van der Waals surface area (Å²) in [5.41, 5.74) is 6.79. The van der Waals surface area contributed by atoms with E-state index in [9.17, 15) is 5.11 Å². The van der Waals surface area contributed by atoms with Gasteiger partial charge >= 0.3 is 0 Å². The van der Waals surface area contributed by atoms with Gasteiger partial charge in [0, 0.05) is 32.2 Å². The largest absolute Gasteiger partial charge is 0.476 e. The molecule has 11 heteroatoms. The summed E-state index contributed by atoms with van der Waals surface area (Å²) in [6.07, 6.45) is 0. The summed E-state index contributed by atoms with van der Waals surface area (Å²) in [4.78, 5) is 11.5. The quantitative estimate of drug-likeness (QED) is 0.531. The summed E-state index contributed by atoms with van der Waals surface area (Å²) in [7, 11) is 0. The van der Waals surface area contributed by atoms with E-state index < -0.39 is 5.60 Å². The number of aliphatic hydroxyl groups is 1. The van der Waals surface area contributed by atoms with E-state index in [0.717, 1.165) is 38.4 Å². The van der Waals surface area contributed by atoms with E-state index in [1.165, 1.54) is 0 Å². The Morgan fingerprint density at radius 2 is 2.03 bits per heavy atom. The molecule has 4 rings (SSSR count). The third-order valence-electron chi connectivity index (χ3n) is 5.00. The molecule has 0 atom stereocenters. The summed E-state index contributed by atoms with van der Waals surface area (Å²) >= 11 is 0. The molecule has 3 aromatic rings. The third kappa shape index (κ3) is 4.83. The van der Waals surface area contributed by atoms with Crippen LogP contribution in [0.15, 0.2) is 10.7 Å². The molecule has 1 aliphatic heterocycles. The highest BCUT2D eigenvalue weighted by Gasteiger charge is 2.22. The van der Waals surface area contributed by atoms with Crippen LogP contribution in [0.2, 0.25) is 0 Å². The number of hydrogen-bond donors (Lipinski definition) is 2. The molecule has 0 aliphatic carbocycles. The van der Waals surface area contributed by atoms with Gasteiger partial charge in [-0.15, -0.1) is 0 Å². The first-order valence-corrected chi connectivity index (χ1v) is 10.5. The van der Waals surface area contributed by atoms with E-state index in [1.807, 2.05) is 17.6 Å².